The second-order valence-corrected chi connectivity index (χ2v) is 5.64. The van der Waals surface area contributed by atoms with Gasteiger partial charge in [0.05, 0.1) is 0 Å². The molecular weight excluding hydrogens is 224 g/mol. The number of hydrogen-bond donors (Lipinski definition) is 1. The first kappa shape index (κ1) is 10.6. The van der Waals surface area contributed by atoms with E-state index in [1.165, 1.54) is 30.5 Å². The Morgan fingerprint density at radius 3 is 3.22 bits per heavy atom. The molecule has 1 N–H and O–H groups in total. The van der Waals surface area contributed by atoms with Crippen LogP contribution in [0.5, 0.6) is 0 Å². The quantitative estimate of drug-likeness (QED) is 0.835. The van der Waals surface area contributed by atoms with Crippen LogP contribution in [0.1, 0.15) is 36.3 Å². The number of fused-ring (bicyclic) bond motifs is 5. The highest BCUT2D eigenvalue weighted by molar-refractivity contribution is 5.75. The molecule has 2 heterocycles. The Labute approximate surface area is 107 Å². The number of hydrogen-bond acceptors (Lipinski definition) is 3. The smallest absolute Gasteiger partial charge is 0.195 e. The summed E-state index contributed by atoms with van der Waals surface area (Å²) in [4.78, 5) is 4.56. The van der Waals surface area contributed by atoms with Gasteiger partial charge in [-0.1, -0.05) is 6.92 Å². The number of piperidine rings is 1. The van der Waals surface area contributed by atoms with Crippen LogP contribution in [0.4, 0.5) is 0 Å². The number of rotatable bonds is 1. The predicted octanol–water partition coefficient (Wildman–Crippen LogP) is 2.64. The standard InChI is InChI=1S/C15H18N2O/c1-2-15-17-13-6-12-10(5-14(13)18-15)3-9-4-11(12)8-16-7-9/h5-6,9,11,16H,2-4,7-8H2,1H3. The fraction of sp³-hybridized carbons (Fsp3) is 0.533. The van der Waals surface area contributed by atoms with Gasteiger partial charge in [-0.2, -0.15) is 0 Å². The highest BCUT2D eigenvalue weighted by Gasteiger charge is 2.30. The minimum atomic E-state index is 0.679. The fourth-order valence-corrected chi connectivity index (χ4v) is 3.52. The van der Waals surface area contributed by atoms with E-state index in [4.69, 9.17) is 4.42 Å². The van der Waals surface area contributed by atoms with Gasteiger partial charge < -0.3 is 9.73 Å². The molecule has 1 aliphatic carbocycles. The molecule has 1 aromatic heterocycles. The molecule has 0 saturated carbocycles. The molecule has 94 valence electrons. The molecule has 1 saturated heterocycles. The summed E-state index contributed by atoms with van der Waals surface area (Å²) in [5.41, 5.74) is 5.00. The van der Waals surface area contributed by atoms with E-state index in [2.05, 4.69) is 29.4 Å². The summed E-state index contributed by atoms with van der Waals surface area (Å²) in [6.45, 7) is 4.37. The maximum absolute atomic E-state index is 5.78. The Balaban J connectivity index is 1.88. The van der Waals surface area contributed by atoms with Gasteiger partial charge in [0.25, 0.3) is 0 Å². The first-order valence-corrected chi connectivity index (χ1v) is 6.96. The lowest BCUT2D eigenvalue weighted by molar-refractivity contribution is 0.318. The third kappa shape index (κ3) is 1.50. The number of benzene rings is 1. The van der Waals surface area contributed by atoms with E-state index >= 15 is 0 Å². The van der Waals surface area contributed by atoms with E-state index in [0.717, 1.165) is 35.9 Å². The van der Waals surface area contributed by atoms with E-state index < -0.39 is 0 Å². The van der Waals surface area contributed by atoms with Crippen molar-refractivity contribution >= 4 is 11.1 Å². The Kier molecular flexibility index (Phi) is 2.24. The van der Waals surface area contributed by atoms with E-state index in [-0.39, 0.29) is 0 Å². The maximum atomic E-state index is 5.78. The van der Waals surface area contributed by atoms with Gasteiger partial charge in [0.15, 0.2) is 11.5 Å². The molecule has 0 radical (unpaired) electrons. The molecule has 0 spiro atoms. The summed E-state index contributed by atoms with van der Waals surface area (Å²) in [5.74, 6) is 2.34. The number of oxazole rings is 1. The molecule has 1 fully saturated rings. The topological polar surface area (TPSA) is 38.1 Å². The minimum Gasteiger partial charge on any atom is -0.441 e. The first-order valence-electron chi connectivity index (χ1n) is 6.96. The van der Waals surface area contributed by atoms with Crippen LogP contribution in [0.15, 0.2) is 16.5 Å². The van der Waals surface area contributed by atoms with Crippen LogP contribution >= 0.6 is 0 Å². The number of aryl methyl sites for hydroxylation is 1. The van der Waals surface area contributed by atoms with Crippen LogP contribution < -0.4 is 5.32 Å². The molecule has 2 unspecified atom stereocenters. The van der Waals surface area contributed by atoms with Crippen molar-refractivity contribution in [1.29, 1.82) is 0 Å². The highest BCUT2D eigenvalue weighted by Crippen LogP contribution is 2.38. The molecule has 1 aliphatic heterocycles. The molecule has 4 rings (SSSR count). The van der Waals surface area contributed by atoms with Gasteiger partial charge in [-0.15, -0.1) is 0 Å². The Bertz CT molecular complexity index is 602. The average Bonchev–Trinajstić information content (AvgIpc) is 2.79. The van der Waals surface area contributed by atoms with Crippen molar-refractivity contribution in [2.24, 2.45) is 5.92 Å². The average molecular weight is 242 g/mol. The van der Waals surface area contributed by atoms with Gasteiger partial charge >= 0.3 is 0 Å². The van der Waals surface area contributed by atoms with Crippen molar-refractivity contribution in [3.63, 3.8) is 0 Å². The van der Waals surface area contributed by atoms with E-state index in [1.807, 2.05) is 0 Å². The summed E-state index contributed by atoms with van der Waals surface area (Å²) in [6, 6.07) is 4.50. The Hall–Kier alpha value is -1.35. The fourth-order valence-electron chi connectivity index (χ4n) is 3.52. The molecule has 18 heavy (non-hydrogen) atoms. The molecule has 2 aromatic rings. The summed E-state index contributed by atoms with van der Waals surface area (Å²) in [7, 11) is 0. The molecule has 1 aromatic carbocycles. The van der Waals surface area contributed by atoms with Crippen LogP contribution in [0, 0.1) is 5.92 Å². The highest BCUT2D eigenvalue weighted by atomic mass is 16.3. The Morgan fingerprint density at radius 1 is 1.39 bits per heavy atom. The van der Waals surface area contributed by atoms with Crippen LogP contribution in [-0.4, -0.2) is 18.1 Å². The molecule has 2 atom stereocenters. The summed E-state index contributed by atoms with van der Waals surface area (Å²) >= 11 is 0. The SMILES string of the molecule is CCc1nc2cc3c(cc2o1)CC1CNCC3C1. The monoisotopic (exact) mass is 242 g/mol. The lowest BCUT2D eigenvalue weighted by Crippen LogP contribution is -2.39. The molecule has 2 bridgehead atoms. The van der Waals surface area contributed by atoms with Crippen molar-refractivity contribution in [2.45, 2.75) is 32.1 Å². The Morgan fingerprint density at radius 2 is 2.33 bits per heavy atom. The van der Waals surface area contributed by atoms with Crippen molar-refractivity contribution in [3.8, 4) is 0 Å². The van der Waals surface area contributed by atoms with Crippen LogP contribution in [0.2, 0.25) is 0 Å². The molecule has 3 nitrogen and oxygen atoms in total. The number of nitrogens with one attached hydrogen (secondary N) is 1. The maximum Gasteiger partial charge on any atom is 0.195 e. The third-order valence-electron chi connectivity index (χ3n) is 4.39. The first-order chi connectivity index (χ1) is 8.83. The zero-order valence-electron chi connectivity index (χ0n) is 10.7. The molecule has 2 aliphatic rings. The van der Waals surface area contributed by atoms with Gasteiger partial charge in [-0.3, -0.25) is 0 Å². The zero-order valence-corrected chi connectivity index (χ0v) is 10.7. The summed E-state index contributed by atoms with van der Waals surface area (Å²) < 4.78 is 5.78. The van der Waals surface area contributed by atoms with E-state index in [9.17, 15) is 0 Å². The summed E-state index contributed by atoms with van der Waals surface area (Å²) in [6.07, 6.45) is 3.40. The predicted molar refractivity (Wildman–Crippen MR) is 70.8 cm³/mol. The second kappa shape index (κ2) is 3.82. The minimum absolute atomic E-state index is 0.679. The molecular formula is C15H18N2O. The van der Waals surface area contributed by atoms with E-state index in [1.54, 1.807) is 0 Å². The van der Waals surface area contributed by atoms with Crippen LogP contribution in [-0.2, 0) is 12.8 Å². The van der Waals surface area contributed by atoms with Crippen molar-refractivity contribution in [2.75, 3.05) is 13.1 Å². The molecule has 3 heteroatoms. The number of nitrogens with zero attached hydrogens (tertiary/aromatic N) is 1. The van der Waals surface area contributed by atoms with Gasteiger partial charge in [0.2, 0.25) is 0 Å². The van der Waals surface area contributed by atoms with Crippen LogP contribution in [0.25, 0.3) is 11.1 Å². The number of aromatic nitrogens is 1. The van der Waals surface area contributed by atoms with Gasteiger partial charge in [0.1, 0.15) is 5.52 Å². The third-order valence-corrected chi connectivity index (χ3v) is 4.39. The van der Waals surface area contributed by atoms with Gasteiger partial charge in [0, 0.05) is 13.0 Å². The summed E-state index contributed by atoms with van der Waals surface area (Å²) in [5, 5.41) is 3.55. The van der Waals surface area contributed by atoms with Gasteiger partial charge in [-0.25, -0.2) is 4.98 Å². The second-order valence-electron chi connectivity index (χ2n) is 5.64. The van der Waals surface area contributed by atoms with E-state index in [0.29, 0.717) is 5.92 Å². The lowest BCUT2D eigenvalue weighted by atomic mass is 9.74. The van der Waals surface area contributed by atoms with Crippen molar-refractivity contribution < 1.29 is 4.42 Å². The largest absolute Gasteiger partial charge is 0.441 e. The van der Waals surface area contributed by atoms with Crippen molar-refractivity contribution in [3.05, 3.63) is 29.2 Å². The molecule has 0 amide bonds. The van der Waals surface area contributed by atoms with Crippen LogP contribution in [0.3, 0.4) is 0 Å². The van der Waals surface area contributed by atoms with Crippen molar-refractivity contribution in [1.82, 2.24) is 10.3 Å². The van der Waals surface area contributed by atoms with Gasteiger partial charge in [-0.05, 0) is 54.5 Å². The zero-order chi connectivity index (χ0) is 12.1. The normalized spacial score (nSPS) is 26.3. The lowest BCUT2D eigenvalue weighted by Gasteiger charge is -2.36.